The van der Waals surface area contributed by atoms with Gasteiger partial charge in [-0.1, -0.05) is 0 Å². The van der Waals surface area contributed by atoms with Gasteiger partial charge in [0.2, 0.25) is 5.88 Å². The van der Waals surface area contributed by atoms with E-state index in [1.807, 2.05) is 0 Å². The molecule has 0 aliphatic heterocycles. The zero-order valence-corrected chi connectivity index (χ0v) is 9.02. The second-order valence-corrected chi connectivity index (χ2v) is 3.41. The van der Waals surface area contributed by atoms with Gasteiger partial charge in [-0.25, -0.2) is 13.8 Å². The van der Waals surface area contributed by atoms with E-state index in [2.05, 4.69) is 4.98 Å². The average molecular weight is 247 g/mol. The smallest absolute Gasteiger partial charge is 0.220 e. The average Bonchev–Trinajstić information content (AvgIpc) is 2.30. The van der Waals surface area contributed by atoms with E-state index >= 15 is 0 Å². The largest absolute Gasteiger partial charge is 0.439 e. The van der Waals surface area contributed by atoms with Gasteiger partial charge in [-0.15, -0.1) is 0 Å². The SMILES string of the molecule is N#Cc1nc(Oc2cc(F)cc(F)c2)ccc1N. The normalized spacial score (nSPS) is 9.83. The first-order valence-electron chi connectivity index (χ1n) is 4.89. The molecule has 0 amide bonds. The Balaban J connectivity index is 2.31. The first-order valence-corrected chi connectivity index (χ1v) is 4.89. The number of benzene rings is 1. The summed E-state index contributed by atoms with van der Waals surface area (Å²) in [4.78, 5) is 3.79. The number of pyridine rings is 1. The van der Waals surface area contributed by atoms with Crippen molar-refractivity contribution in [3.8, 4) is 17.7 Å². The van der Waals surface area contributed by atoms with Crippen molar-refractivity contribution in [1.29, 1.82) is 5.26 Å². The molecule has 0 aliphatic rings. The minimum atomic E-state index is -0.763. The fraction of sp³-hybridized carbons (Fsp3) is 0. The van der Waals surface area contributed by atoms with Crippen molar-refractivity contribution in [3.05, 3.63) is 47.7 Å². The Hall–Kier alpha value is -2.68. The first-order chi connectivity index (χ1) is 8.58. The molecule has 1 aromatic heterocycles. The summed E-state index contributed by atoms with van der Waals surface area (Å²) in [7, 11) is 0. The molecule has 0 saturated heterocycles. The van der Waals surface area contributed by atoms with Crippen molar-refractivity contribution in [2.45, 2.75) is 0 Å². The van der Waals surface area contributed by atoms with E-state index in [1.165, 1.54) is 12.1 Å². The summed E-state index contributed by atoms with van der Waals surface area (Å²) in [5.41, 5.74) is 5.68. The number of nitrogens with zero attached hydrogens (tertiary/aromatic N) is 2. The van der Waals surface area contributed by atoms with Crippen LogP contribution in [-0.4, -0.2) is 4.98 Å². The van der Waals surface area contributed by atoms with Gasteiger partial charge in [0.15, 0.2) is 5.69 Å². The summed E-state index contributed by atoms with van der Waals surface area (Å²) in [6.07, 6.45) is 0. The maximum atomic E-state index is 12.9. The highest BCUT2D eigenvalue weighted by molar-refractivity contribution is 5.51. The molecule has 0 saturated carbocycles. The molecular formula is C12H7F2N3O. The van der Waals surface area contributed by atoms with E-state index in [0.717, 1.165) is 18.2 Å². The molecule has 2 rings (SSSR count). The lowest BCUT2D eigenvalue weighted by Crippen LogP contribution is -1.96. The van der Waals surface area contributed by atoms with Gasteiger partial charge >= 0.3 is 0 Å². The minimum absolute atomic E-state index is 0.00984. The Labute approximate surface area is 101 Å². The van der Waals surface area contributed by atoms with E-state index < -0.39 is 11.6 Å². The zero-order chi connectivity index (χ0) is 13.1. The Morgan fingerprint density at radius 1 is 1.17 bits per heavy atom. The fourth-order valence-corrected chi connectivity index (χ4v) is 1.31. The molecule has 4 nitrogen and oxygen atoms in total. The van der Waals surface area contributed by atoms with Crippen LogP contribution in [0.25, 0.3) is 0 Å². The standard InChI is InChI=1S/C12H7F2N3O/c13-7-3-8(14)5-9(4-7)18-12-2-1-10(16)11(6-15)17-12/h1-5H,16H2. The molecule has 0 aliphatic carbocycles. The van der Waals surface area contributed by atoms with Crippen molar-refractivity contribution in [2.24, 2.45) is 0 Å². The lowest BCUT2D eigenvalue weighted by Gasteiger charge is -2.06. The Bertz CT molecular complexity index is 617. The van der Waals surface area contributed by atoms with Crippen molar-refractivity contribution in [3.63, 3.8) is 0 Å². The van der Waals surface area contributed by atoms with Crippen LogP contribution in [0, 0.1) is 23.0 Å². The molecule has 2 aromatic rings. The Kier molecular flexibility index (Phi) is 3.06. The molecular weight excluding hydrogens is 240 g/mol. The third-order valence-corrected chi connectivity index (χ3v) is 2.07. The Morgan fingerprint density at radius 3 is 2.44 bits per heavy atom. The molecule has 90 valence electrons. The van der Waals surface area contributed by atoms with E-state index in [0.29, 0.717) is 0 Å². The van der Waals surface area contributed by atoms with Crippen molar-refractivity contribution in [2.75, 3.05) is 5.73 Å². The van der Waals surface area contributed by atoms with Gasteiger partial charge in [0.25, 0.3) is 0 Å². The number of rotatable bonds is 2. The molecule has 0 bridgehead atoms. The van der Waals surface area contributed by atoms with Crippen molar-refractivity contribution < 1.29 is 13.5 Å². The van der Waals surface area contributed by atoms with Gasteiger partial charge in [-0.3, -0.25) is 0 Å². The van der Waals surface area contributed by atoms with Gasteiger partial charge in [-0.2, -0.15) is 5.26 Å². The topological polar surface area (TPSA) is 71.9 Å². The number of halogens is 2. The number of aromatic nitrogens is 1. The van der Waals surface area contributed by atoms with Crippen LogP contribution < -0.4 is 10.5 Å². The van der Waals surface area contributed by atoms with Crippen molar-refractivity contribution >= 4 is 5.69 Å². The van der Waals surface area contributed by atoms with Crippen LogP contribution in [0.5, 0.6) is 11.6 Å². The molecule has 1 aromatic carbocycles. The number of anilines is 1. The van der Waals surface area contributed by atoms with Crippen LogP contribution in [0.2, 0.25) is 0 Å². The first kappa shape index (κ1) is 11.8. The highest BCUT2D eigenvalue weighted by Gasteiger charge is 2.06. The number of ether oxygens (including phenoxy) is 1. The maximum absolute atomic E-state index is 12.9. The van der Waals surface area contributed by atoms with Gasteiger partial charge < -0.3 is 10.5 Å². The third kappa shape index (κ3) is 2.52. The highest BCUT2D eigenvalue weighted by Crippen LogP contribution is 2.23. The van der Waals surface area contributed by atoms with Crippen LogP contribution in [0.4, 0.5) is 14.5 Å². The molecule has 0 unspecified atom stereocenters. The van der Waals surface area contributed by atoms with E-state index in [9.17, 15) is 8.78 Å². The molecule has 2 N–H and O–H groups in total. The number of hydrogen-bond acceptors (Lipinski definition) is 4. The lowest BCUT2D eigenvalue weighted by atomic mass is 10.3. The summed E-state index contributed by atoms with van der Waals surface area (Å²) >= 11 is 0. The van der Waals surface area contributed by atoms with E-state index in [4.69, 9.17) is 15.7 Å². The summed E-state index contributed by atoms with van der Waals surface area (Å²) in [6, 6.07) is 7.35. The highest BCUT2D eigenvalue weighted by atomic mass is 19.1. The second-order valence-electron chi connectivity index (χ2n) is 3.41. The molecule has 0 radical (unpaired) electrons. The number of hydrogen-bond donors (Lipinski definition) is 1. The van der Waals surface area contributed by atoms with E-state index in [1.54, 1.807) is 6.07 Å². The molecule has 18 heavy (non-hydrogen) atoms. The molecule has 6 heteroatoms. The third-order valence-electron chi connectivity index (χ3n) is 2.07. The maximum Gasteiger partial charge on any atom is 0.220 e. The number of nitrogens with two attached hydrogens (primary N) is 1. The van der Waals surface area contributed by atoms with Gasteiger partial charge in [0.05, 0.1) is 5.69 Å². The monoisotopic (exact) mass is 247 g/mol. The van der Waals surface area contributed by atoms with Gasteiger partial charge in [-0.05, 0) is 6.07 Å². The van der Waals surface area contributed by atoms with Crippen LogP contribution in [-0.2, 0) is 0 Å². The molecule has 1 heterocycles. The zero-order valence-electron chi connectivity index (χ0n) is 9.02. The summed E-state index contributed by atoms with van der Waals surface area (Å²) < 4.78 is 31.0. The van der Waals surface area contributed by atoms with Crippen LogP contribution >= 0.6 is 0 Å². The van der Waals surface area contributed by atoms with E-state index in [-0.39, 0.29) is 23.0 Å². The Morgan fingerprint density at radius 2 is 1.83 bits per heavy atom. The summed E-state index contributed by atoms with van der Waals surface area (Å²) in [5.74, 6) is -1.54. The van der Waals surface area contributed by atoms with Gasteiger partial charge in [0.1, 0.15) is 23.5 Å². The molecule has 0 fully saturated rings. The number of nitrogen functional groups attached to an aromatic ring is 1. The van der Waals surface area contributed by atoms with Crippen molar-refractivity contribution in [1.82, 2.24) is 4.98 Å². The minimum Gasteiger partial charge on any atom is -0.439 e. The van der Waals surface area contributed by atoms with Crippen LogP contribution in [0.15, 0.2) is 30.3 Å². The van der Waals surface area contributed by atoms with Crippen LogP contribution in [0.3, 0.4) is 0 Å². The second kappa shape index (κ2) is 4.67. The quantitative estimate of drug-likeness (QED) is 0.885. The predicted molar refractivity (Wildman–Crippen MR) is 59.8 cm³/mol. The predicted octanol–water partition coefficient (Wildman–Crippen LogP) is 2.61. The number of nitriles is 1. The summed E-state index contributed by atoms with van der Waals surface area (Å²) in [5, 5.41) is 8.73. The molecule has 0 spiro atoms. The summed E-state index contributed by atoms with van der Waals surface area (Å²) in [6.45, 7) is 0. The fourth-order valence-electron chi connectivity index (χ4n) is 1.31. The van der Waals surface area contributed by atoms with Gasteiger partial charge in [0, 0.05) is 24.3 Å². The van der Waals surface area contributed by atoms with Crippen LogP contribution in [0.1, 0.15) is 5.69 Å². The lowest BCUT2D eigenvalue weighted by molar-refractivity contribution is 0.451. The molecule has 0 atom stereocenters.